The molecule has 0 bridgehead atoms. The Hall–Kier alpha value is -2.93. The standard InChI is InChI=1S/C19H22N4O3/c1-15-4-2-3-5-18(15)20-19(24)14-21-10-12-22(13-11-21)16-6-8-17(9-7-16)23(25)26/h2-9H,10-14H2,1H3,(H,20,24). The predicted molar refractivity (Wildman–Crippen MR) is 102 cm³/mol. The Bertz CT molecular complexity index is 784. The number of para-hydroxylation sites is 1. The van der Waals surface area contributed by atoms with E-state index in [4.69, 9.17) is 0 Å². The molecule has 0 aromatic heterocycles. The second kappa shape index (κ2) is 7.97. The maximum atomic E-state index is 12.3. The molecule has 2 aromatic rings. The average Bonchev–Trinajstić information content (AvgIpc) is 2.64. The summed E-state index contributed by atoms with van der Waals surface area (Å²) in [7, 11) is 0. The van der Waals surface area contributed by atoms with Crippen LogP contribution in [0.3, 0.4) is 0 Å². The summed E-state index contributed by atoms with van der Waals surface area (Å²) in [6, 6.07) is 14.3. The van der Waals surface area contributed by atoms with Crippen LogP contribution in [0.25, 0.3) is 0 Å². The SMILES string of the molecule is Cc1ccccc1NC(=O)CN1CCN(c2ccc([N+](=O)[O-])cc2)CC1. The highest BCUT2D eigenvalue weighted by atomic mass is 16.6. The van der Waals surface area contributed by atoms with Crippen LogP contribution < -0.4 is 10.2 Å². The normalized spacial score (nSPS) is 14.9. The third-order valence-corrected chi connectivity index (χ3v) is 4.58. The van der Waals surface area contributed by atoms with E-state index in [0.29, 0.717) is 6.54 Å². The van der Waals surface area contributed by atoms with E-state index in [2.05, 4.69) is 15.1 Å². The smallest absolute Gasteiger partial charge is 0.269 e. The Labute approximate surface area is 152 Å². The lowest BCUT2D eigenvalue weighted by Gasteiger charge is -2.35. The molecule has 3 rings (SSSR count). The van der Waals surface area contributed by atoms with Gasteiger partial charge in [0, 0.05) is 49.7 Å². The number of nitrogens with one attached hydrogen (secondary N) is 1. The lowest BCUT2D eigenvalue weighted by atomic mass is 10.2. The number of amides is 1. The molecule has 1 heterocycles. The van der Waals surface area contributed by atoms with Crippen LogP contribution in [0.5, 0.6) is 0 Å². The number of carbonyl (C=O) groups is 1. The van der Waals surface area contributed by atoms with E-state index in [1.54, 1.807) is 12.1 Å². The van der Waals surface area contributed by atoms with Crippen molar-refractivity contribution < 1.29 is 9.72 Å². The minimum absolute atomic E-state index is 0.0110. The second-order valence-corrected chi connectivity index (χ2v) is 6.40. The van der Waals surface area contributed by atoms with Gasteiger partial charge >= 0.3 is 0 Å². The Morgan fingerprint density at radius 1 is 1.08 bits per heavy atom. The molecular weight excluding hydrogens is 332 g/mol. The van der Waals surface area contributed by atoms with Gasteiger partial charge in [0.2, 0.25) is 5.91 Å². The van der Waals surface area contributed by atoms with Crippen molar-refractivity contribution >= 4 is 23.0 Å². The number of benzene rings is 2. The van der Waals surface area contributed by atoms with Crippen molar-refractivity contribution in [2.45, 2.75) is 6.92 Å². The van der Waals surface area contributed by atoms with Crippen molar-refractivity contribution in [1.29, 1.82) is 0 Å². The summed E-state index contributed by atoms with van der Waals surface area (Å²) < 4.78 is 0. The number of carbonyl (C=O) groups excluding carboxylic acids is 1. The molecule has 26 heavy (non-hydrogen) atoms. The molecule has 0 aliphatic carbocycles. The van der Waals surface area contributed by atoms with Crippen molar-refractivity contribution in [2.75, 3.05) is 42.9 Å². The molecule has 7 heteroatoms. The van der Waals surface area contributed by atoms with Gasteiger partial charge in [0.05, 0.1) is 11.5 Å². The first-order valence-corrected chi connectivity index (χ1v) is 8.60. The van der Waals surface area contributed by atoms with Gasteiger partial charge < -0.3 is 10.2 Å². The summed E-state index contributed by atoms with van der Waals surface area (Å²) in [6.45, 7) is 5.46. The molecule has 0 radical (unpaired) electrons. The molecule has 1 aliphatic heterocycles. The quantitative estimate of drug-likeness (QED) is 0.660. The van der Waals surface area contributed by atoms with Crippen LogP contribution in [0.15, 0.2) is 48.5 Å². The molecule has 136 valence electrons. The zero-order chi connectivity index (χ0) is 18.5. The summed E-state index contributed by atoms with van der Waals surface area (Å²) in [5, 5.41) is 13.7. The summed E-state index contributed by atoms with van der Waals surface area (Å²) in [4.78, 5) is 26.9. The third kappa shape index (κ3) is 4.37. The number of aryl methyl sites for hydroxylation is 1. The van der Waals surface area contributed by atoms with E-state index < -0.39 is 4.92 Å². The van der Waals surface area contributed by atoms with Gasteiger partial charge in [-0.1, -0.05) is 18.2 Å². The zero-order valence-electron chi connectivity index (χ0n) is 14.7. The van der Waals surface area contributed by atoms with Crippen LogP contribution in [-0.2, 0) is 4.79 Å². The molecular formula is C19H22N4O3. The number of hydrogen-bond donors (Lipinski definition) is 1. The van der Waals surface area contributed by atoms with Gasteiger partial charge in [-0.25, -0.2) is 0 Å². The van der Waals surface area contributed by atoms with E-state index in [-0.39, 0.29) is 11.6 Å². The number of rotatable bonds is 5. The number of nitro groups is 1. The minimum Gasteiger partial charge on any atom is -0.369 e. The van der Waals surface area contributed by atoms with E-state index in [0.717, 1.165) is 43.1 Å². The Kier molecular flexibility index (Phi) is 5.48. The number of piperazine rings is 1. The van der Waals surface area contributed by atoms with Gasteiger partial charge in [-0.3, -0.25) is 19.8 Å². The van der Waals surface area contributed by atoms with Crippen LogP contribution in [0.4, 0.5) is 17.1 Å². The van der Waals surface area contributed by atoms with Crippen LogP contribution in [0.2, 0.25) is 0 Å². The fraction of sp³-hybridized carbons (Fsp3) is 0.316. The summed E-state index contributed by atoms with van der Waals surface area (Å²) in [5.74, 6) is -0.0110. The molecule has 7 nitrogen and oxygen atoms in total. The van der Waals surface area contributed by atoms with Gasteiger partial charge in [-0.2, -0.15) is 0 Å². The monoisotopic (exact) mass is 354 g/mol. The van der Waals surface area contributed by atoms with Crippen LogP contribution >= 0.6 is 0 Å². The van der Waals surface area contributed by atoms with E-state index >= 15 is 0 Å². The molecule has 1 N–H and O–H groups in total. The molecule has 0 spiro atoms. The highest BCUT2D eigenvalue weighted by Crippen LogP contribution is 2.20. The molecule has 1 fully saturated rings. The first kappa shape index (κ1) is 17.9. The third-order valence-electron chi connectivity index (χ3n) is 4.58. The van der Waals surface area contributed by atoms with Gasteiger partial charge in [0.25, 0.3) is 5.69 Å². The van der Waals surface area contributed by atoms with E-state index in [1.807, 2.05) is 31.2 Å². The second-order valence-electron chi connectivity index (χ2n) is 6.40. The topological polar surface area (TPSA) is 78.7 Å². The maximum Gasteiger partial charge on any atom is 0.269 e. The van der Waals surface area contributed by atoms with Crippen LogP contribution in [0.1, 0.15) is 5.56 Å². The summed E-state index contributed by atoms with van der Waals surface area (Å²) in [6.07, 6.45) is 0. The van der Waals surface area contributed by atoms with Gasteiger partial charge in [0.15, 0.2) is 0 Å². The number of hydrogen-bond acceptors (Lipinski definition) is 5. The molecule has 0 atom stereocenters. The van der Waals surface area contributed by atoms with Gasteiger partial charge in [-0.05, 0) is 30.7 Å². The Morgan fingerprint density at radius 3 is 2.35 bits per heavy atom. The maximum absolute atomic E-state index is 12.3. The Balaban J connectivity index is 1.49. The van der Waals surface area contributed by atoms with Crippen molar-refractivity contribution in [3.63, 3.8) is 0 Å². The number of non-ortho nitro benzene ring substituents is 1. The highest BCUT2D eigenvalue weighted by Gasteiger charge is 2.20. The number of nitrogens with zero attached hydrogens (tertiary/aromatic N) is 3. The van der Waals surface area contributed by atoms with Crippen molar-refractivity contribution in [3.05, 3.63) is 64.2 Å². The molecule has 1 amide bonds. The lowest BCUT2D eigenvalue weighted by molar-refractivity contribution is -0.384. The van der Waals surface area contributed by atoms with Gasteiger partial charge in [-0.15, -0.1) is 0 Å². The zero-order valence-corrected chi connectivity index (χ0v) is 14.7. The van der Waals surface area contributed by atoms with E-state index in [9.17, 15) is 14.9 Å². The van der Waals surface area contributed by atoms with Crippen molar-refractivity contribution in [2.24, 2.45) is 0 Å². The minimum atomic E-state index is -0.394. The van der Waals surface area contributed by atoms with Crippen molar-refractivity contribution in [3.8, 4) is 0 Å². The largest absolute Gasteiger partial charge is 0.369 e. The highest BCUT2D eigenvalue weighted by molar-refractivity contribution is 5.92. The summed E-state index contributed by atoms with van der Waals surface area (Å²) in [5.41, 5.74) is 2.96. The van der Waals surface area contributed by atoms with E-state index in [1.165, 1.54) is 12.1 Å². The lowest BCUT2D eigenvalue weighted by Crippen LogP contribution is -2.48. The number of anilines is 2. The Morgan fingerprint density at radius 2 is 1.73 bits per heavy atom. The summed E-state index contributed by atoms with van der Waals surface area (Å²) >= 11 is 0. The van der Waals surface area contributed by atoms with Crippen molar-refractivity contribution in [1.82, 2.24) is 4.90 Å². The van der Waals surface area contributed by atoms with Gasteiger partial charge in [0.1, 0.15) is 0 Å². The molecule has 1 saturated heterocycles. The molecule has 1 aliphatic rings. The molecule has 2 aromatic carbocycles. The first-order chi connectivity index (χ1) is 12.5. The van der Waals surface area contributed by atoms with Crippen LogP contribution in [0, 0.1) is 17.0 Å². The predicted octanol–water partition coefficient (Wildman–Crippen LogP) is 2.66. The molecule has 0 unspecified atom stereocenters. The molecule has 0 saturated carbocycles. The fourth-order valence-corrected chi connectivity index (χ4v) is 3.06. The number of nitro benzene ring substituents is 1. The fourth-order valence-electron chi connectivity index (χ4n) is 3.06. The van der Waals surface area contributed by atoms with Crippen LogP contribution in [-0.4, -0.2) is 48.5 Å². The first-order valence-electron chi connectivity index (χ1n) is 8.60. The average molecular weight is 354 g/mol.